The summed E-state index contributed by atoms with van der Waals surface area (Å²) in [7, 11) is 0. The quantitative estimate of drug-likeness (QED) is 0.654. The summed E-state index contributed by atoms with van der Waals surface area (Å²) in [5.74, 6) is -0.283. The second-order valence-corrected chi connectivity index (χ2v) is 5.97. The standard InChI is InChI=1S/C18H26FN3O2/c1-14-10-15(2)22(21-14)9-5-8-20-11-17(23)13-24-12-16-6-3-4-7-18(16)19/h3-4,6-7,10,17,20,23H,5,8-9,11-13H2,1-2H3/t17-/m0/s1. The van der Waals surface area contributed by atoms with Gasteiger partial charge in [-0.2, -0.15) is 5.10 Å². The maximum atomic E-state index is 13.4. The third-order valence-electron chi connectivity index (χ3n) is 3.73. The normalized spacial score (nSPS) is 12.5. The van der Waals surface area contributed by atoms with Crippen LogP contribution in [0.1, 0.15) is 23.4 Å². The highest BCUT2D eigenvalue weighted by atomic mass is 19.1. The van der Waals surface area contributed by atoms with Crippen molar-refractivity contribution in [3.05, 3.63) is 53.1 Å². The summed E-state index contributed by atoms with van der Waals surface area (Å²) in [6.45, 7) is 6.48. The molecule has 6 heteroatoms. The summed E-state index contributed by atoms with van der Waals surface area (Å²) >= 11 is 0. The molecular formula is C18H26FN3O2. The van der Waals surface area contributed by atoms with Crippen LogP contribution in [-0.4, -0.2) is 40.7 Å². The van der Waals surface area contributed by atoms with Gasteiger partial charge in [-0.1, -0.05) is 18.2 Å². The Morgan fingerprint density at radius 2 is 2.12 bits per heavy atom. The van der Waals surface area contributed by atoms with E-state index in [4.69, 9.17) is 4.74 Å². The molecule has 132 valence electrons. The van der Waals surface area contributed by atoms with Gasteiger partial charge in [-0.3, -0.25) is 4.68 Å². The highest BCUT2D eigenvalue weighted by molar-refractivity contribution is 5.16. The lowest BCUT2D eigenvalue weighted by Crippen LogP contribution is -2.31. The molecule has 2 rings (SSSR count). The number of aliphatic hydroxyl groups is 1. The molecule has 0 spiro atoms. The van der Waals surface area contributed by atoms with Gasteiger partial charge in [-0.25, -0.2) is 4.39 Å². The van der Waals surface area contributed by atoms with E-state index in [-0.39, 0.29) is 19.0 Å². The van der Waals surface area contributed by atoms with Crippen LogP contribution < -0.4 is 5.32 Å². The Hall–Kier alpha value is -1.76. The molecule has 24 heavy (non-hydrogen) atoms. The number of aliphatic hydroxyl groups excluding tert-OH is 1. The Labute approximate surface area is 142 Å². The lowest BCUT2D eigenvalue weighted by Gasteiger charge is -2.13. The van der Waals surface area contributed by atoms with E-state index < -0.39 is 6.10 Å². The van der Waals surface area contributed by atoms with Crippen molar-refractivity contribution in [2.45, 2.75) is 39.5 Å². The Balaban J connectivity index is 1.54. The van der Waals surface area contributed by atoms with Crippen molar-refractivity contribution >= 4 is 0 Å². The molecule has 1 atom stereocenters. The molecule has 0 saturated carbocycles. The molecule has 0 saturated heterocycles. The molecule has 2 N–H and O–H groups in total. The zero-order valence-electron chi connectivity index (χ0n) is 14.3. The second kappa shape index (κ2) is 9.52. The van der Waals surface area contributed by atoms with E-state index in [1.807, 2.05) is 18.5 Å². The SMILES string of the molecule is Cc1cc(C)n(CCCNC[C@H](O)COCc2ccccc2F)n1. The number of aromatic nitrogens is 2. The average molecular weight is 335 g/mol. The summed E-state index contributed by atoms with van der Waals surface area (Å²) in [5, 5.41) is 17.5. The van der Waals surface area contributed by atoms with Crippen molar-refractivity contribution in [1.29, 1.82) is 0 Å². The zero-order chi connectivity index (χ0) is 17.4. The molecular weight excluding hydrogens is 309 g/mol. The van der Waals surface area contributed by atoms with Gasteiger partial charge in [-0.15, -0.1) is 0 Å². The van der Waals surface area contributed by atoms with E-state index in [1.54, 1.807) is 18.2 Å². The summed E-state index contributed by atoms with van der Waals surface area (Å²) in [4.78, 5) is 0. The molecule has 1 aromatic heterocycles. The third kappa shape index (κ3) is 6.03. The first kappa shape index (κ1) is 18.6. The van der Waals surface area contributed by atoms with Crippen LogP contribution in [0.3, 0.4) is 0 Å². The van der Waals surface area contributed by atoms with Gasteiger partial charge in [0.15, 0.2) is 0 Å². The third-order valence-corrected chi connectivity index (χ3v) is 3.73. The minimum atomic E-state index is -0.606. The van der Waals surface area contributed by atoms with Gasteiger partial charge in [0.2, 0.25) is 0 Å². The van der Waals surface area contributed by atoms with Crippen LogP contribution in [-0.2, 0) is 17.9 Å². The smallest absolute Gasteiger partial charge is 0.128 e. The molecule has 0 radical (unpaired) electrons. The molecule has 0 aliphatic rings. The van der Waals surface area contributed by atoms with Crippen molar-refractivity contribution < 1.29 is 14.2 Å². The highest BCUT2D eigenvalue weighted by Gasteiger charge is 2.06. The van der Waals surface area contributed by atoms with Crippen molar-refractivity contribution in [3.8, 4) is 0 Å². The fraction of sp³-hybridized carbons (Fsp3) is 0.500. The van der Waals surface area contributed by atoms with Gasteiger partial charge in [-0.05, 0) is 38.9 Å². The molecule has 0 amide bonds. The summed E-state index contributed by atoms with van der Waals surface area (Å²) in [5.41, 5.74) is 2.69. The Kier molecular flexibility index (Phi) is 7.36. The van der Waals surface area contributed by atoms with Crippen LogP contribution in [0.15, 0.2) is 30.3 Å². The first-order valence-corrected chi connectivity index (χ1v) is 8.27. The summed E-state index contributed by atoms with van der Waals surface area (Å²) in [6.07, 6.45) is 0.329. The highest BCUT2D eigenvalue weighted by Crippen LogP contribution is 2.07. The first-order valence-electron chi connectivity index (χ1n) is 8.27. The van der Waals surface area contributed by atoms with Crippen molar-refractivity contribution in [2.75, 3.05) is 19.7 Å². The first-order chi connectivity index (χ1) is 11.6. The van der Waals surface area contributed by atoms with Crippen molar-refractivity contribution in [1.82, 2.24) is 15.1 Å². The van der Waals surface area contributed by atoms with Crippen LogP contribution in [0, 0.1) is 19.7 Å². The van der Waals surface area contributed by atoms with Crippen LogP contribution >= 0.6 is 0 Å². The van der Waals surface area contributed by atoms with Gasteiger partial charge < -0.3 is 15.2 Å². The number of hydrogen-bond acceptors (Lipinski definition) is 4. The maximum absolute atomic E-state index is 13.4. The van der Waals surface area contributed by atoms with Gasteiger partial charge >= 0.3 is 0 Å². The Bertz CT molecular complexity index is 630. The predicted octanol–water partition coefficient (Wildman–Crippen LogP) is 2.20. The minimum absolute atomic E-state index is 0.168. The number of aryl methyl sites for hydroxylation is 3. The average Bonchev–Trinajstić information content (AvgIpc) is 2.86. The second-order valence-electron chi connectivity index (χ2n) is 5.97. The van der Waals surface area contributed by atoms with Crippen LogP contribution in [0.2, 0.25) is 0 Å². The van der Waals surface area contributed by atoms with Crippen molar-refractivity contribution in [2.24, 2.45) is 0 Å². The zero-order valence-corrected chi connectivity index (χ0v) is 14.3. The van der Waals surface area contributed by atoms with Crippen LogP contribution in [0.4, 0.5) is 4.39 Å². The largest absolute Gasteiger partial charge is 0.389 e. The van der Waals surface area contributed by atoms with Gasteiger partial charge in [0, 0.05) is 24.3 Å². The van der Waals surface area contributed by atoms with Crippen LogP contribution in [0.25, 0.3) is 0 Å². The number of ether oxygens (including phenoxy) is 1. The molecule has 5 nitrogen and oxygen atoms in total. The molecule has 0 bridgehead atoms. The summed E-state index contributed by atoms with van der Waals surface area (Å²) in [6, 6.07) is 8.55. The molecule has 2 aromatic rings. The number of nitrogens with one attached hydrogen (secondary N) is 1. The lowest BCUT2D eigenvalue weighted by molar-refractivity contribution is 0.0279. The van der Waals surface area contributed by atoms with E-state index >= 15 is 0 Å². The fourth-order valence-electron chi connectivity index (χ4n) is 2.50. The van der Waals surface area contributed by atoms with E-state index in [9.17, 15) is 9.50 Å². The topological polar surface area (TPSA) is 59.3 Å². The minimum Gasteiger partial charge on any atom is -0.389 e. The Morgan fingerprint density at radius 3 is 2.83 bits per heavy atom. The number of halogens is 1. The maximum Gasteiger partial charge on any atom is 0.128 e. The van der Waals surface area contributed by atoms with E-state index in [0.717, 1.165) is 30.9 Å². The molecule has 0 aliphatic carbocycles. The molecule has 1 heterocycles. The van der Waals surface area contributed by atoms with Gasteiger partial charge in [0.05, 0.1) is 25.0 Å². The number of nitrogens with zero attached hydrogens (tertiary/aromatic N) is 2. The molecule has 1 aromatic carbocycles. The van der Waals surface area contributed by atoms with E-state index in [0.29, 0.717) is 12.1 Å². The predicted molar refractivity (Wildman–Crippen MR) is 91.3 cm³/mol. The number of rotatable bonds is 10. The Morgan fingerprint density at radius 1 is 1.33 bits per heavy atom. The lowest BCUT2D eigenvalue weighted by atomic mass is 10.2. The molecule has 0 fully saturated rings. The van der Waals surface area contributed by atoms with Gasteiger partial charge in [0.1, 0.15) is 5.82 Å². The van der Waals surface area contributed by atoms with Gasteiger partial charge in [0.25, 0.3) is 0 Å². The monoisotopic (exact) mass is 335 g/mol. The molecule has 0 aliphatic heterocycles. The van der Waals surface area contributed by atoms with E-state index in [1.165, 1.54) is 6.07 Å². The summed E-state index contributed by atoms with van der Waals surface area (Å²) < 4.78 is 20.8. The molecule has 0 unspecified atom stereocenters. The number of benzene rings is 1. The fourth-order valence-corrected chi connectivity index (χ4v) is 2.50. The number of hydrogen-bond donors (Lipinski definition) is 2. The van der Waals surface area contributed by atoms with E-state index in [2.05, 4.69) is 16.5 Å². The van der Waals surface area contributed by atoms with Crippen LogP contribution in [0.5, 0.6) is 0 Å². The van der Waals surface area contributed by atoms with Crippen molar-refractivity contribution in [3.63, 3.8) is 0 Å².